The number of aryl methyl sites for hydroxylation is 2. The Balaban J connectivity index is 2.14. The molecule has 140 valence electrons. The van der Waals surface area contributed by atoms with E-state index >= 15 is 0 Å². The fraction of sp³-hybridized carbons (Fsp3) is 0.381. The lowest BCUT2D eigenvalue weighted by molar-refractivity contribution is 0.683. The third kappa shape index (κ3) is 3.28. The number of aromatic nitrogens is 4. The Labute approximate surface area is 164 Å². The number of benzene rings is 1. The molecule has 2 aromatic heterocycles. The van der Waals surface area contributed by atoms with Crippen molar-refractivity contribution in [1.29, 1.82) is 5.41 Å². The summed E-state index contributed by atoms with van der Waals surface area (Å²) in [6.45, 7) is 13.4. The summed E-state index contributed by atoms with van der Waals surface area (Å²) < 4.78 is 1.99. The maximum atomic E-state index is 8.21. The van der Waals surface area contributed by atoms with Crippen molar-refractivity contribution >= 4 is 22.9 Å². The van der Waals surface area contributed by atoms with Crippen LogP contribution in [0.3, 0.4) is 0 Å². The summed E-state index contributed by atoms with van der Waals surface area (Å²) in [5.41, 5.74) is 8.14. The van der Waals surface area contributed by atoms with Crippen LogP contribution in [0.4, 0.5) is 0 Å². The Morgan fingerprint density at radius 3 is 2.19 bits per heavy atom. The molecule has 0 saturated carbocycles. The monoisotopic (exact) mass is 379 g/mol. The van der Waals surface area contributed by atoms with E-state index < -0.39 is 0 Å². The molecule has 27 heavy (non-hydrogen) atoms. The van der Waals surface area contributed by atoms with Gasteiger partial charge in [-0.3, -0.25) is 5.41 Å². The van der Waals surface area contributed by atoms with Gasteiger partial charge in [0.25, 0.3) is 0 Å². The Hall–Kier alpha value is -2.52. The lowest BCUT2D eigenvalue weighted by Crippen LogP contribution is -2.17. The molecule has 2 heterocycles. The van der Waals surface area contributed by atoms with Crippen LogP contribution in [0, 0.1) is 59.3 Å². The first kappa shape index (κ1) is 19.2. The molecule has 0 radical (unpaired) electrons. The molecular weight excluding hydrogens is 354 g/mol. The number of hydrogen-bond donors (Lipinski definition) is 2. The SMILES string of the molecule is C#CCCn1c(C)nc(=N)c2[nH]c(Sc3c(C)c(C)c(C)c(C)c3C)nc21. The van der Waals surface area contributed by atoms with Crippen LogP contribution in [0.15, 0.2) is 10.1 Å². The van der Waals surface area contributed by atoms with Crippen molar-refractivity contribution < 1.29 is 0 Å². The zero-order valence-corrected chi connectivity index (χ0v) is 17.6. The lowest BCUT2D eigenvalue weighted by Gasteiger charge is -2.17. The summed E-state index contributed by atoms with van der Waals surface area (Å²) in [6, 6.07) is 0. The second-order valence-corrected chi connectivity index (χ2v) is 7.91. The van der Waals surface area contributed by atoms with Gasteiger partial charge < -0.3 is 9.55 Å². The number of fused-ring (bicyclic) bond motifs is 1. The molecule has 6 heteroatoms. The molecule has 0 amide bonds. The zero-order valence-electron chi connectivity index (χ0n) is 16.7. The highest BCUT2D eigenvalue weighted by molar-refractivity contribution is 7.99. The van der Waals surface area contributed by atoms with E-state index in [0.717, 1.165) is 16.6 Å². The van der Waals surface area contributed by atoms with E-state index in [1.807, 2.05) is 11.5 Å². The van der Waals surface area contributed by atoms with E-state index in [1.54, 1.807) is 11.8 Å². The standard InChI is InChI=1S/C21H25N5S/c1-8-9-10-26-16(7)23-19(22)17-20(26)25-21(24-17)27-18-14(5)12(3)11(2)13(4)15(18)6/h1,22H,9-10H2,2-7H3,(H,24,25). The van der Waals surface area contributed by atoms with Gasteiger partial charge in [0.15, 0.2) is 16.3 Å². The number of nitrogens with zero attached hydrogens (tertiary/aromatic N) is 3. The molecule has 0 aliphatic carbocycles. The molecule has 0 aliphatic rings. The average Bonchev–Trinajstić information content (AvgIpc) is 3.06. The van der Waals surface area contributed by atoms with Crippen LogP contribution in [0.5, 0.6) is 0 Å². The van der Waals surface area contributed by atoms with E-state index in [-0.39, 0.29) is 5.49 Å². The van der Waals surface area contributed by atoms with Crippen LogP contribution in [0.1, 0.15) is 40.1 Å². The van der Waals surface area contributed by atoms with Gasteiger partial charge in [-0.2, -0.15) is 0 Å². The van der Waals surface area contributed by atoms with Crippen molar-refractivity contribution in [3.63, 3.8) is 0 Å². The third-order valence-corrected chi connectivity index (χ3v) is 6.63. The van der Waals surface area contributed by atoms with E-state index in [9.17, 15) is 0 Å². The predicted octanol–water partition coefficient (Wildman–Crippen LogP) is 4.26. The second kappa shape index (κ2) is 7.24. The maximum absolute atomic E-state index is 8.21. The molecule has 2 N–H and O–H groups in total. The van der Waals surface area contributed by atoms with Crippen LogP contribution in [-0.2, 0) is 6.54 Å². The number of nitrogens with one attached hydrogen (secondary N) is 2. The van der Waals surface area contributed by atoms with E-state index in [1.165, 1.54) is 32.7 Å². The average molecular weight is 380 g/mol. The highest BCUT2D eigenvalue weighted by Crippen LogP contribution is 2.36. The fourth-order valence-electron chi connectivity index (χ4n) is 3.34. The van der Waals surface area contributed by atoms with Gasteiger partial charge in [0, 0.05) is 17.9 Å². The topological polar surface area (TPSA) is 70.3 Å². The number of H-pyrrole nitrogens is 1. The summed E-state index contributed by atoms with van der Waals surface area (Å²) in [4.78, 5) is 13.6. The summed E-state index contributed by atoms with van der Waals surface area (Å²) in [6.07, 6.45) is 6.03. The van der Waals surface area contributed by atoms with Crippen molar-refractivity contribution in [2.75, 3.05) is 0 Å². The van der Waals surface area contributed by atoms with Gasteiger partial charge in [-0.1, -0.05) is 11.8 Å². The van der Waals surface area contributed by atoms with Crippen LogP contribution in [0.25, 0.3) is 11.2 Å². The lowest BCUT2D eigenvalue weighted by atomic mass is 9.95. The van der Waals surface area contributed by atoms with E-state index in [2.05, 4.69) is 50.5 Å². The van der Waals surface area contributed by atoms with Crippen molar-refractivity contribution in [2.45, 2.75) is 64.6 Å². The number of imidazole rings is 1. The van der Waals surface area contributed by atoms with Crippen LogP contribution in [0.2, 0.25) is 0 Å². The molecule has 1 aromatic carbocycles. The summed E-state index contributed by atoms with van der Waals surface area (Å²) in [5.74, 6) is 3.41. The molecule has 0 saturated heterocycles. The van der Waals surface area contributed by atoms with Gasteiger partial charge in [0.2, 0.25) is 0 Å². The van der Waals surface area contributed by atoms with Gasteiger partial charge >= 0.3 is 0 Å². The van der Waals surface area contributed by atoms with Crippen LogP contribution < -0.4 is 5.49 Å². The van der Waals surface area contributed by atoms with Crippen molar-refractivity contribution in [3.8, 4) is 12.3 Å². The molecule has 0 unspecified atom stereocenters. The Kier molecular flexibility index (Phi) is 5.16. The fourth-order valence-corrected chi connectivity index (χ4v) is 4.43. The summed E-state index contributed by atoms with van der Waals surface area (Å²) in [7, 11) is 0. The van der Waals surface area contributed by atoms with Gasteiger partial charge in [-0.15, -0.1) is 12.3 Å². The van der Waals surface area contributed by atoms with Crippen molar-refractivity contribution in [1.82, 2.24) is 19.5 Å². The van der Waals surface area contributed by atoms with Crippen LogP contribution >= 0.6 is 11.8 Å². The molecule has 0 bridgehead atoms. The Morgan fingerprint density at radius 2 is 1.59 bits per heavy atom. The molecule has 3 rings (SSSR count). The van der Waals surface area contributed by atoms with Gasteiger partial charge in [0.1, 0.15) is 11.3 Å². The number of rotatable bonds is 4. The third-order valence-electron chi connectivity index (χ3n) is 5.43. The summed E-state index contributed by atoms with van der Waals surface area (Å²) in [5, 5.41) is 8.98. The van der Waals surface area contributed by atoms with Crippen LogP contribution in [-0.4, -0.2) is 19.5 Å². The normalized spacial score (nSPS) is 11.1. The highest BCUT2D eigenvalue weighted by Gasteiger charge is 2.17. The smallest absolute Gasteiger partial charge is 0.174 e. The first-order valence-corrected chi connectivity index (χ1v) is 9.77. The highest BCUT2D eigenvalue weighted by atomic mass is 32.2. The first-order chi connectivity index (χ1) is 12.8. The first-order valence-electron chi connectivity index (χ1n) is 8.96. The van der Waals surface area contributed by atoms with Gasteiger partial charge in [-0.25, -0.2) is 9.97 Å². The molecule has 0 spiro atoms. The Morgan fingerprint density at radius 1 is 1.00 bits per heavy atom. The van der Waals surface area contributed by atoms with Crippen molar-refractivity contribution in [3.05, 3.63) is 39.1 Å². The summed E-state index contributed by atoms with van der Waals surface area (Å²) >= 11 is 1.62. The molecule has 0 aliphatic heterocycles. The largest absolute Gasteiger partial charge is 0.328 e. The minimum absolute atomic E-state index is 0.212. The molecule has 0 atom stereocenters. The number of aromatic amines is 1. The van der Waals surface area contributed by atoms with E-state index in [4.69, 9.17) is 16.8 Å². The minimum Gasteiger partial charge on any atom is -0.328 e. The number of terminal acetylenes is 1. The quantitative estimate of drug-likeness (QED) is 0.665. The second-order valence-electron chi connectivity index (χ2n) is 6.91. The minimum atomic E-state index is 0.212. The zero-order chi connectivity index (χ0) is 19.9. The number of hydrogen-bond acceptors (Lipinski definition) is 4. The molecule has 5 nitrogen and oxygen atoms in total. The molecule has 0 fully saturated rings. The van der Waals surface area contributed by atoms with Gasteiger partial charge in [-0.05, 0) is 69.4 Å². The van der Waals surface area contributed by atoms with Gasteiger partial charge in [0.05, 0.1) is 0 Å². The maximum Gasteiger partial charge on any atom is 0.174 e. The molecule has 3 aromatic rings. The molecular formula is C21H25N5S. The van der Waals surface area contributed by atoms with Crippen molar-refractivity contribution in [2.24, 2.45) is 0 Å². The predicted molar refractivity (Wildman–Crippen MR) is 110 cm³/mol. The Bertz CT molecular complexity index is 1120. The van der Waals surface area contributed by atoms with E-state index in [0.29, 0.717) is 18.5 Å².